The first-order valence-electron chi connectivity index (χ1n) is 3.74. The largest absolute Gasteiger partial charge is 0.368 e. The van der Waals surface area contributed by atoms with Crippen molar-refractivity contribution in [1.82, 2.24) is 10.2 Å². The third-order valence-corrected chi connectivity index (χ3v) is 1.86. The Morgan fingerprint density at radius 3 is 2.67 bits per heavy atom. The second-order valence-corrected chi connectivity index (χ2v) is 2.99. The molecule has 0 rings (SSSR count). The smallest absolute Gasteiger partial charge is 0.168 e. The van der Waals surface area contributed by atoms with Crippen LogP contribution in [0.25, 0.3) is 0 Å². The number of hydrogen-bond acceptors (Lipinski definition) is 3. The van der Waals surface area contributed by atoms with Crippen LogP contribution in [-0.4, -0.2) is 49.2 Å². The van der Waals surface area contributed by atoms with Crippen LogP contribution >= 0.6 is 12.2 Å². The lowest BCUT2D eigenvalue weighted by atomic mass is 10.4. The summed E-state index contributed by atoms with van der Waals surface area (Å²) >= 11 is 4.96. The Kier molecular flexibility index (Phi) is 5.96. The lowest BCUT2D eigenvalue weighted by Gasteiger charge is -2.16. The maximum Gasteiger partial charge on any atom is 0.168 e. The first kappa shape index (κ1) is 11.6. The van der Waals surface area contributed by atoms with Gasteiger partial charge in [-0.3, -0.25) is 0 Å². The minimum Gasteiger partial charge on any atom is -0.368 e. The molecule has 0 aliphatic carbocycles. The van der Waals surface area contributed by atoms with Crippen LogP contribution in [0.5, 0.6) is 0 Å². The van der Waals surface area contributed by atoms with Crippen molar-refractivity contribution in [2.45, 2.75) is 12.7 Å². The van der Waals surface area contributed by atoms with Crippen molar-refractivity contribution in [3.05, 3.63) is 0 Å². The van der Waals surface area contributed by atoms with Crippen LogP contribution in [0.3, 0.4) is 0 Å². The molecule has 0 heterocycles. The van der Waals surface area contributed by atoms with Crippen LogP contribution < -0.4 is 5.32 Å². The van der Waals surface area contributed by atoms with Gasteiger partial charge in [-0.15, -0.1) is 0 Å². The molecule has 12 heavy (non-hydrogen) atoms. The van der Waals surface area contributed by atoms with E-state index in [2.05, 4.69) is 10.1 Å². The van der Waals surface area contributed by atoms with E-state index in [4.69, 9.17) is 17.3 Å². The van der Waals surface area contributed by atoms with Gasteiger partial charge in [-0.25, -0.2) is 0 Å². The summed E-state index contributed by atoms with van der Waals surface area (Å²) in [7, 11) is 5.19. The average Bonchev–Trinajstić information content (AvgIpc) is 2.03. The fourth-order valence-electron chi connectivity index (χ4n) is 0.579. The van der Waals surface area contributed by atoms with Gasteiger partial charge >= 0.3 is 0 Å². The summed E-state index contributed by atoms with van der Waals surface area (Å²) in [6.45, 7) is 0.617. The Morgan fingerprint density at radius 1 is 1.67 bits per heavy atom. The number of nitrogens with one attached hydrogen (secondary N) is 1. The molecule has 0 spiro atoms. The fraction of sp³-hybridized carbons (Fsp3) is 0.857. The van der Waals surface area contributed by atoms with Gasteiger partial charge in [0.1, 0.15) is 0 Å². The number of nitrogens with zero attached hydrogens (tertiary/aromatic N) is 1. The van der Waals surface area contributed by atoms with E-state index in [-0.39, 0.29) is 0 Å². The molecule has 0 aliphatic heterocycles. The lowest BCUT2D eigenvalue weighted by Crippen LogP contribution is -2.35. The molecule has 2 N–H and O–H groups in total. The van der Waals surface area contributed by atoms with E-state index in [0.717, 1.165) is 0 Å². The molecule has 0 aromatic rings. The molecular formula is C7H16N2O2S. The molecule has 0 bridgehead atoms. The molecule has 0 aromatic carbocycles. The normalized spacial score (nSPS) is 12.3. The van der Waals surface area contributed by atoms with Crippen molar-refractivity contribution >= 4 is 17.3 Å². The van der Waals surface area contributed by atoms with Crippen LogP contribution in [0.15, 0.2) is 0 Å². The van der Waals surface area contributed by atoms with Gasteiger partial charge in [-0.1, -0.05) is 0 Å². The quantitative estimate of drug-likeness (QED) is 0.476. The van der Waals surface area contributed by atoms with E-state index in [0.29, 0.717) is 18.1 Å². The molecule has 0 saturated heterocycles. The van der Waals surface area contributed by atoms with Gasteiger partial charge in [0, 0.05) is 34.2 Å². The molecule has 5 heteroatoms. The van der Waals surface area contributed by atoms with Crippen LogP contribution in [0, 0.1) is 0 Å². The number of hydrogen-bond donors (Lipinski definition) is 2. The molecule has 0 fully saturated rings. The van der Waals surface area contributed by atoms with E-state index in [1.165, 1.54) is 7.11 Å². The predicted octanol–water partition coefficient (Wildman–Crippen LogP) is -0.223. The molecule has 0 aliphatic rings. The molecule has 0 saturated carbocycles. The maximum atomic E-state index is 8.99. The number of aliphatic hydroxyl groups is 1. The van der Waals surface area contributed by atoms with Crippen LogP contribution in [0.2, 0.25) is 0 Å². The summed E-state index contributed by atoms with van der Waals surface area (Å²) in [6.07, 6.45) is -0.174. The van der Waals surface area contributed by atoms with Gasteiger partial charge in [0.15, 0.2) is 11.4 Å². The van der Waals surface area contributed by atoms with Crippen molar-refractivity contribution in [1.29, 1.82) is 0 Å². The van der Waals surface area contributed by atoms with Gasteiger partial charge in [0.2, 0.25) is 0 Å². The van der Waals surface area contributed by atoms with Gasteiger partial charge in [-0.05, 0) is 12.2 Å². The molecule has 0 amide bonds. The molecule has 72 valence electrons. The van der Waals surface area contributed by atoms with Crippen molar-refractivity contribution in [3.8, 4) is 0 Å². The van der Waals surface area contributed by atoms with E-state index in [1.807, 2.05) is 14.1 Å². The zero-order chi connectivity index (χ0) is 9.56. The van der Waals surface area contributed by atoms with Gasteiger partial charge in [0.05, 0.1) is 0 Å². The molecule has 1 atom stereocenters. The molecule has 0 aromatic heterocycles. The number of methoxy groups -OCH3 is 1. The summed E-state index contributed by atoms with van der Waals surface area (Å²) in [5.74, 6) is 0. The highest BCUT2D eigenvalue weighted by Crippen LogP contribution is 1.89. The van der Waals surface area contributed by atoms with E-state index < -0.39 is 6.29 Å². The van der Waals surface area contributed by atoms with Crippen molar-refractivity contribution < 1.29 is 9.84 Å². The first-order valence-corrected chi connectivity index (χ1v) is 4.14. The van der Waals surface area contributed by atoms with Crippen molar-refractivity contribution in [3.63, 3.8) is 0 Å². The number of aliphatic hydroxyl groups excluding tert-OH is 1. The fourth-order valence-corrected chi connectivity index (χ4v) is 0.681. The van der Waals surface area contributed by atoms with Crippen LogP contribution in [-0.2, 0) is 4.74 Å². The first-order chi connectivity index (χ1) is 5.57. The number of rotatable bonds is 4. The Labute approximate surface area is 78.5 Å². The molecule has 1 unspecified atom stereocenters. The minimum absolute atomic E-state index is 0.532. The van der Waals surface area contributed by atoms with Crippen molar-refractivity contribution in [2.24, 2.45) is 0 Å². The average molecular weight is 192 g/mol. The minimum atomic E-state index is -0.706. The summed E-state index contributed by atoms with van der Waals surface area (Å²) in [5.41, 5.74) is 0. The topological polar surface area (TPSA) is 44.7 Å². The van der Waals surface area contributed by atoms with E-state index in [1.54, 1.807) is 4.90 Å². The number of ether oxygens (including phenoxy) is 1. The number of thiocarbonyl (C=S) groups is 1. The third kappa shape index (κ3) is 5.29. The summed E-state index contributed by atoms with van der Waals surface area (Å²) < 4.78 is 4.65. The summed E-state index contributed by atoms with van der Waals surface area (Å²) in [5, 5.41) is 12.6. The Bertz CT molecular complexity index is 141. The van der Waals surface area contributed by atoms with Gasteiger partial charge < -0.3 is 20.1 Å². The highest BCUT2D eigenvalue weighted by molar-refractivity contribution is 7.80. The Morgan fingerprint density at radius 2 is 2.25 bits per heavy atom. The highest BCUT2D eigenvalue weighted by Gasteiger charge is 2.01. The zero-order valence-electron chi connectivity index (χ0n) is 7.70. The summed E-state index contributed by atoms with van der Waals surface area (Å²) in [4.78, 5) is 1.80. The van der Waals surface area contributed by atoms with Crippen LogP contribution in [0.4, 0.5) is 0 Å². The Hall–Kier alpha value is -0.390. The predicted molar refractivity (Wildman–Crippen MR) is 51.9 cm³/mol. The van der Waals surface area contributed by atoms with Gasteiger partial charge in [0.25, 0.3) is 0 Å². The second-order valence-electron chi connectivity index (χ2n) is 2.61. The third-order valence-electron chi connectivity index (χ3n) is 1.35. The van der Waals surface area contributed by atoms with E-state index >= 15 is 0 Å². The maximum absolute atomic E-state index is 8.99. The lowest BCUT2D eigenvalue weighted by molar-refractivity contribution is -0.0768. The van der Waals surface area contributed by atoms with Crippen molar-refractivity contribution in [2.75, 3.05) is 27.7 Å². The van der Waals surface area contributed by atoms with Crippen LogP contribution in [0.1, 0.15) is 6.42 Å². The standard InChI is InChI=1S/C7H16N2O2S/c1-9(2)7(12)8-5-4-6(10)11-3/h6,10H,4-5H2,1-3H3,(H,8,12). The monoisotopic (exact) mass is 192 g/mol. The second kappa shape index (κ2) is 6.16. The Balaban J connectivity index is 3.37. The zero-order valence-corrected chi connectivity index (χ0v) is 8.52. The molecular weight excluding hydrogens is 176 g/mol. The van der Waals surface area contributed by atoms with E-state index in [9.17, 15) is 0 Å². The highest BCUT2D eigenvalue weighted by atomic mass is 32.1. The summed E-state index contributed by atoms with van der Waals surface area (Å²) in [6, 6.07) is 0. The van der Waals surface area contributed by atoms with Gasteiger partial charge in [-0.2, -0.15) is 0 Å². The molecule has 4 nitrogen and oxygen atoms in total. The SMILES string of the molecule is COC(O)CCNC(=S)N(C)C. The molecule has 0 radical (unpaired) electrons.